The molecule has 0 aliphatic rings. The monoisotopic (exact) mass is 839 g/mol. The number of phenols is 1. The van der Waals surface area contributed by atoms with Gasteiger partial charge in [0.1, 0.15) is 11.6 Å². The van der Waals surface area contributed by atoms with E-state index in [0.29, 0.717) is 17.0 Å². The second kappa shape index (κ2) is 16.6. The number of aryl methyl sites for hydroxylation is 1. The van der Waals surface area contributed by atoms with E-state index in [4.69, 9.17) is 14.1 Å². The zero-order chi connectivity index (χ0) is 48.3. The molecule has 0 saturated heterocycles. The van der Waals surface area contributed by atoms with Crippen molar-refractivity contribution in [2.75, 3.05) is 0 Å². The van der Waals surface area contributed by atoms with Gasteiger partial charge in [0.2, 0.25) is 0 Å². The van der Waals surface area contributed by atoms with Crippen LogP contribution in [0.2, 0.25) is 0 Å². The number of aromatic nitrogens is 3. The summed E-state index contributed by atoms with van der Waals surface area (Å²) in [5.74, 6) is -0.156. The molecule has 0 atom stereocenters. The Balaban J connectivity index is 1.31. The maximum absolute atomic E-state index is 12.5. The number of rotatable bonds is 8. The summed E-state index contributed by atoms with van der Waals surface area (Å²) in [6.45, 7) is 14.6. The lowest BCUT2D eigenvalue weighted by molar-refractivity contribution is 0.446. The van der Waals surface area contributed by atoms with Gasteiger partial charge in [-0.1, -0.05) is 170 Å². The molecule has 318 valence electrons. The summed E-state index contributed by atoms with van der Waals surface area (Å²) in [5, 5.41) is 12.5. The van der Waals surface area contributed by atoms with Gasteiger partial charge in [0, 0.05) is 34.1 Å². The van der Waals surface area contributed by atoms with Gasteiger partial charge in [-0.15, -0.1) is 0 Å². The van der Waals surface area contributed by atoms with Crippen molar-refractivity contribution < 1.29 is 10.6 Å². The number of aromatic hydroxyl groups is 1. The Morgan fingerprint density at radius 3 is 1.91 bits per heavy atom. The van der Waals surface area contributed by atoms with E-state index in [0.717, 1.165) is 89.2 Å². The van der Waals surface area contributed by atoms with Crippen LogP contribution in [0.3, 0.4) is 0 Å². The summed E-state index contributed by atoms with van der Waals surface area (Å²) >= 11 is 0. The van der Waals surface area contributed by atoms with Gasteiger partial charge in [-0.2, -0.15) is 0 Å². The number of imidazole rings is 1. The first-order chi connectivity index (χ1) is 32.1. The molecule has 0 radical (unpaired) electrons. The third kappa shape index (κ3) is 8.17. The van der Waals surface area contributed by atoms with Gasteiger partial charge >= 0.3 is 0 Å². The molecule has 9 rings (SSSR count). The molecule has 0 fully saturated rings. The van der Waals surface area contributed by atoms with E-state index in [2.05, 4.69) is 137 Å². The number of hydrogen-bond acceptors (Lipinski definition) is 3. The molecule has 4 nitrogen and oxygen atoms in total. The second-order valence-corrected chi connectivity index (χ2v) is 19.1. The Kier molecular flexibility index (Phi) is 9.72. The number of pyridine rings is 1. The number of phenolic OH excluding ortho intramolecular Hbond substituents is 1. The summed E-state index contributed by atoms with van der Waals surface area (Å²) in [6.07, 6.45) is 1.80. The summed E-state index contributed by atoms with van der Waals surface area (Å²) in [5.41, 5.74) is 15.0. The molecule has 0 bridgehead atoms. The zero-order valence-electron chi connectivity index (χ0n) is 42.0. The summed E-state index contributed by atoms with van der Waals surface area (Å²) in [7, 11) is 0. The highest BCUT2D eigenvalue weighted by molar-refractivity contribution is 5.98. The number of benzene rings is 7. The third-order valence-corrected chi connectivity index (χ3v) is 12.2. The Bertz CT molecular complexity index is 3310. The summed E-state index contributed by atoms with van der Waals surface area (Å²) in [4.78, 5) is 10.5. The minimum Gasteiger partial charge on any atom is -0.507 e. The number of fused-ring (bicyclic) bond motifs is 1. The van der Waals surface area contributed by atoms with Gasteiger partial charge in [0.05, 0.1) is 22.3 Å². The van der Waals surface area contributed by atoms with Gasteiger partial charge in [-0.05, 0) is 128 Å². The van der Waals surface area contributed by atoms with Gasteiger partial charge < -0.3 is 5.11 Å². The fourth-order valence-corrected chi connectivity index (χ4v) is 8.70. The van der Waals surface area contributed by atoms with Crippen LogP contribution in [-0.4, -0.2) is 19.6 Å². The van der Waals surface area contributed by atoms with Crippen LogP contribution >= 0.6 is 0 Å². The standard InChI is InChI=1S/C60H57N3O/c1-38(2)51-37-48(27-28-49(51)42-19-14-11-15-20-42)63-55-22-16-21-50(56(55)62-58(63)52-35-47(59(4,5)6)36-53(57(52)64)60(7,8)9)45-31-44(40-17-12-10-13-18-40)32-46(33-45)54-34-43(29-30-61-54)41-25-23-39(3)24-26-41/h10-38,64H,1-9H3/i3D3,38D. The normalized spacial score (nSPS) is 13.3. The highest BCUT2D eigenvalue weighted by atomic mass is 16.3. The Labute approximate surface area is 384 Å². The minimum absolute atomic E-state index is 0.193. The van der Waals surface area contributed by atoms with Crippen LogP contribution < -0.4 is 0 Å². The van der Waals surface area contributed by atoms with Gasteiger partial charge in [0.25, 0.3) is 0 Å². The highest BCUT2D eigenvalue weighted by Crippen LogP contribution is 2.45. The predicted molar refractivity (Wildman–Crippen MR) is 269 cm³/mol. The Morgan fingerprint density at radius 1 is 0.562 bits per heavy atom. The minimum atomic E-state index is -2.18. The second-order valence-electron chi connectivity index (χ2n) is 19.1. The number of hydrogen-bond donors (Lipinski definition) is 1. The maximum Gasteiger partial charge on any atom is 0.149 e. The first-order valence-corrected chi connectivity index (χ1v) is 22.0. The average molecular weight is 840 g/mol. The van der Waals surface area contributed by atoms with Crippen molar-refractivity contribution in [3.63, 3.8) is 0 Å². The highest BCUT2D eigenvalue weighted by Gasteiger charge is 2.29. The zero-order valence-corrected chi connectivity index (χ0v) is 38.0. The van der Waals surface area contributed by atoms with Crippen LogP contribution in [0.4, 0.5) is 0 Å². The van der Waals surface area contributed by atoms with Crippen LogP contribution in [0.25, 0.3) is 83.9 Å². The Morgan fingerprint density at radius 2 is 1.23 bits per heavy atom. The molecule has 4 heteroatoms. The van der Waals surface area contributed by atoms with Crippen molar-refractivity contribution >= 4 is 11.0 Å². The van der Waals surface area contributed by atoms with Crippen LogP contribution in [0.1, 0.15) is 89.0 Å². The molecule has 2 aromatic heterocycles. The number of para-hydroxylation sites is 1. The third-order valence-electron chi connectivity index (χ3n) is 12.2. The number of nitrogens with zero attached hydrogens (tertiary/aromatic N) is 3. The van der Waals surface area contributed by atoms with Crippen molar-refractivity contribution in [1.29, 1.82) is 0 Å². The quantitative estimate of drug-likeness (QED) is 0.166. The van der Waals surface area contributed by atoms with E-state index >= 15 is 0 Å². The lowest BCUT2D eigenvalue weighted by Crippen LogP contribution is -2.17. The van der Waals surface area contributed by atoms with E-state index < -0.39 is 12.7 Å². The van der Waals surface area contributed by atoms with E-state index in [1.165, 1.54) is 0 Å². The maximum atomic E-state index is 12.5. The molecule has 0 amide bonds. The molecule has 64 heavy (non-hydrogen) atoms. The van der Waals surface area contributed by atoms with Crippen LogP contribution in [0.15, 0.2) is 170 Å². The first-order valence-electron chi connectivity index (χ1n) is 24.0. The molecule has 0 spiro atoms. The van der Waals surface area contributed by atoms with Gasteiger partial charge in [-0.3, -0.25) is 9.55 Å². The fraction of sp³-hybridized carbons (Fsp3) is 0.200. The molecule has 7 aromatic carbocycles. The van der Waals surface area contributed by atoms with Crippen molar-refractivity contribution in [3.05, 3.63) is 192 Å². The van der Waals surface area contributed by atoms with Crippen molar-refractivity contribution in [1.82, 2.24) is 14.5 Å². The Hall–Kier alpha value is -7.04. The van der Waals surface area contributed by atoms with Gasteiger partial charge in [0.15, 0.2) is 0 Å². The lowest BCUT2D eigenvalue weighted by Gasteiger charge is -2.27. The van der Waals surface area contributed by atoms with E-state index in [1.54, 1.807) is 18.3 Å². The molecule has 0 saturated carbocycles. The van der Waals surface area contributed by atoms with Crippen LogP contribution in [-0.2, 0) is 10.8 Å². The molecular weight excluding hydrogens is 779 g/mol. The average Bonchev–Trinajstić information content (AvgIpc) is 3.70. The first kappa shape index (κ1) is 37.5. The fourth-order valence-electron chi connectivity index (χ4n) is 8.70. The van der Waals surface area contributed by atoms with Crippen molar-refractivity contribution in [2.24, 2.45) is 0 Å². The SMILES string of the molecule is [2H]C([2H])([2H])c1ccc(-c2ccnc(-c3cc(-c4ccccc4)cc(-c4cccc5c4nc(-c4cc(C(C)(C)C)cc(C(C)(C)C)c4O)n5-c4ccc(-c5ccccc5)c(C([2H])(C)C)c4)c3)c2)cc1. The van der Waals surface area contributed by atoms with Crippen LogP contribution in [0.5, 0.6) is 5.75 Å². The van der Waals surface area contributed by atoms with E-state index in [9.17, 15) is 6.48 Å². The van der Waals surface area contributed by atoms with Gasteiger partial charge in [-0.25, -0.2) is 4.98 Å². The molecular formula is C60H57N3O. The van der Waals surface area contributed by atoms with Crippen LogP contribution in [0, 0.1) is 6.85 Å². The predicted octanol–water partition coefficient (Wildman–Crippen LogP) is 16.2. The lowest BCUT2D eigenvalue weighted by atomic mass is 9.79. The summed E-state index contributed by atoms with van der Waals surface area (Å²) < 4.78 is 35.2. The molecule has 0 aliphatic heterocycles. The van der Waals surface area contributed by atoms with E-state index in [-0.39, 0.29) is 16.6 Å². The summed E-state index contributed by atoms with van der Waals surface area (Å²) in [6, 6.07) is 54.9. The molecule has 2 heterocycles. The molecule has 0 unspecified atom stereocenters. The molecule has 9 aromatic rings. The molecule has 0 aliphatic carbocycles. The smallest absolute Gasteiger partial charge is 0.149 e. The largest absolute Gasteiger partial charge is 0.507 e. The van der Waals surface area contributed by atoms with E-state index in [1.807, 2.05) is 74.5 Å². The van der Waals surface area contributed by atoms with Crippen molar-refractivity contribution in [2.45, 2.75) is 79.0 Å². The molecule has 1 N–H and O–H groups in total. The topological polar surface area (TPSA) is 50.9 Å². The van der Waals surface area contributed by atoms with Crippen molar-refractivity contribution in [3.8, 4) is 78.6 Å².